The van der Waals surface area contributed by atoms with Crippen molar-refractivity contribution in [3.63, 3.8) is 0 Å². The number of halogens is 2. The lowest BCUT2D eigenvalue weighted by Gasteiger charge is -2.16. The molecule has 0 N–H and O–H groups in total. The van der Waals surface area contributed by atoms with Gasteiger partial charge in [0, 0.05) is 41.4 Å². The first kappa shape index (κ1) is 23.4. The zero-order valence-corrected chi connectivity index (χ0v) is 20.6. The van der Waals surface area contributed by atoms with Crippen molar-refractivity contribution < 1.29 is 19.0 Å². The van der Waals surface area contributed by atoms with Crippen molar-refractivity contribution in [2.45, 2.75) is 18.0 Å². The molecule has 8 nitrogen and oxygen atoms in total. The average Bonchev–Trinajstić information content (AvgIpc) is 3.27. The molecule has 0 bridgehead atoms. The molecular weight excluding hydrogens is 487 g/mol. The Bertz CT molecular complexity index is 1350. The third kappa shape index (κ3) is 4.28. The quantitative estimate of drug-likeness (QED) is 0.194. The van der Waals surface area contributed by atoms with Gasteiger partial charge in [0.05, 0.1) is 43.5 Å². The normalized spacial score (nSPS) is 11.2. The molecule has 4 rings (SSSR count). The number of aromatic nitrogens is 4. The molecule has 3 heterocycles. The topological polar surface area (TPSA) is 87.8 Å². The molecule has 0 aliphatic carbocycles. The minimum Gasteiger partial charge on any atom is -0.495 e. The van der Waals surface area contributed by atoms with E-state index in [-0.39, 0.29) is 12.4 Å². The van der Waals surface area contributed by atoms with E-state index in [2.05, 4.69) is 9.97 Å². The lowest BCUT2D eigenvalue weighted by atomic mass is 10.0. The monoisotopic (exact) mass is 506 g/mol. The molecule has 4 aromatic rings. The van der Waals surface area contributed by atoms with Crippen LogP contribution in [0.4, 0.5) is 0 Å². The van der Waals surface area contributed by atoms with Crippen molar-refractivity contribution in [1.29, 1.82) is 0 Å². The minimum absolute atomic E-state index is 0.202. The van der Waals surface area contributed by atoms with Crippen LogP contribution in [-0.2, 0) is 16.0 Å². The first-order valence-corrected chi connectivity index (χ1v) is 11.8. The molecule has 3 aromatic heterocycles. The van der Waals surface area contributed by atoms with Crippen LogP contribution in [0.15, 0.2) is 29.7 Å². The molecule has 0 spiro atoms. The van der Waals surface area contributed by atoms with Crippen molar-refractivity contribution in [3.8, 4) is 22.6 Å². The highest BCUT2D eigenvalue weighted by Gasteiger charge is 2.23. The van der Waals surface area contributed by atoms with Crippen LogP contribution in [0.1, 0.15) is 12.1 Å². The summed E-state index contributed by atoms with van der Waals surface area (Å²) in [7, 11) is 4.40. The van der Waals surface area contributed by atoms with Gasteiger partial charge in [0.15, 0.2) is 5.16 Å². The fourth-order valence-electron chi connectivity index (χ4n) is 3.52. The predicted octanol–water partition coefficient (Wildman–Crippen LogP) is 5.10. The van der Waals surface area contributed by atoms with Crippen LogP contribution < -0.4 is 9.47 Å². The standard InChI is InChI=1S/C22H20Cl2N4O4S/c1-30-14-8-15(31-2)19(24)17(18(14)23)13-7-11-9-25-22(33-4)27-20(11)28-10-12(26-21(13)28)5-6-16(29)32-3/h7-10H,5-6H2,1-4H3. The van der Waals surface area contributed by atoms with E-state index in [1.807, 2.05) is 22.9 Å². The second-order valence-electron chi connectivity index (χ2n) is 6.98. The van der Waals surface area contributed by atoms with Gasteiger partial charge in [-0.25, -0.2) is 15.0 Å². The third-order valence-electron chi connectivity index (χ3n) is 5.14. The highest BCUT2D eigenvalue weighted by Crippen LogP contribution is 2.47. The number of ether oxygens (including phenoxy) is 3. The molecule has 172 valence electrons. The Kier molecular flexibility index (Phi) is 6.83. The number of carbonyl (C=O) groups excluding carboxylic acids is 1. The van der Waals surface area contributed by atoms with Gasteiger partial charge in [-0.15, -0.1) is 0 Å². The van der Waals surface area contributed by atoms with Crippen LogP contribution in [-0.4, -0.2) is 52.9 Å². The number of hydrogen-bond donors (Lipinski definition) is 0. The molecule has 0 unspecified atom stereocenters. The SMILES string of the molecule is COC(=O)CCc1cn2c(n1)c(-c1c(Cl)c(OC)cc(OC)c1Cl)cc1cnc(SC)nc12. The molecule has 0 atom stereocenters. The minimum atomic E-state index is -0.312. The highest BCUT2D eigenvalue weighted by molar-refractivity contribution is 7.98. The van der Waals surface area contributed by atoms with E-state index in [4.69, 9.17) is 42.4 Å². The first-order chi connectivity index (χ1) is 15.9. The van der Waals surface area contributed by atoms with Crippen LogP contribution in [0, 0.1) is 0 Å². The second-order valence-corrected chi connectivity index (χ2v) is 8.51. The number of pyridine rings is 1. The fraction of sp³-hybridized carbons (Fsp3) is 0.273. The molecule has 33 heavy (non-hydrogen) atoms. The second kappa shape index (κ2) is 9.62. The van der Waals surface area contributed by atoms with E-state index in [0.717, 1.165) is 5.39 Å². The van der Waals surface area contributed by atoms with E-state index < -0.39 is 0 Å². The summed E-state index contributed by atoms with van der Waals surface area (Å²) < 4.78 is 17.5. The smallest absolute Gasteiger partial charge is 0.305 e. The molecule has 1 aromatic carbocycles. The molecule has 0 amide bonds. The number of rotatable bonds is 7. The van der Waals surface area contributed by atoms with Crippen molar-refractivity contribution in [1.82, 2.24) is 19.4 Å². The molecule has 0 saturated heterocycles. The zero-order chi connectivity index (χ0) is 23.7. The Balaban J connectivity index is 2.04. The summed E-state index contributed by atoms with van der Waals surface area (Å²) in [6.45, 7) is 0. The van der Waals surface area contributed by atoms with Gasteiger partial charge >= 0.3 is 5.97 Å². The maximum Gasteiger partial charge on any atom is 0.305 e. The molecule has 11 heteroatoms. The Labute approximate surface area is 204 Å². The number of esters is 1. The van der Waals surface area contributed by atoms with Crippen LogP contribution in [0.5, 0.6) is 11.5 Å². The summed E-state index contributed by atoms with van der Waals surface area (Å²) in [6.07, 6.45) is 6.10. The number of nitrogens with zero attached hydrogens (tertiary/aromatic N) is 4. The van der Waals surface area contributed by atoms with Gasteiger partial charge in [-0.05, 0) is 12.3 Å². The summed E-state index contributed by atoms with van der Waals surface area (Å²) >= 11 is 14.9. The third-order valence-corrected chi connectivity index (χ3v) is 6.45. The van der Waals surface area contributed by atoms with Crippen molar-refractivity contribution in [3.05, 3.63) is 40.3 Å². The van der Waals surface area contributed by atoms with Gasteiger partial charge in [-0.2, -0.15) is 0 Å². The summed E-state index contributed by atoms with van der Waals surface area (Å²) in [4.78, 5) is 25.5. The van der Waals surface area contributed by atoms with Crippen LogP contribution in [0.25, 0.3) is 27.8 Å². The Morgan fingerprint density at radius 3 is 2.36 bits per heavy atom. The molecule has 0 saturated carbocycles. The summed E-state index contributed by atoms with van der Waals surface area (Å²) in [6, 6.07) is 3.52. The number of fused-ring (bicyclic) bond motifs is 3. The molecule has 0 aliphatic heterocycles. The number of hydrogen-bond acceptors (Lipinski definition) is 8. The van der Waals surface area contributed by atoms with Gasteiger partial charge in [-0.3, -0.25) is 9.20 Å². The van der Waals surface area contributed by atoms with Gasteiger partial charge in [0.25, 0.3) is 0 Å². The average molecular weight is 507 g/mol. The predicted molar refractivity (Wildman–Crippen MR) is 129 cm³/mol. The molecule has 0 aliphatic rings. The lowest BCUT2D eigenvalue weighted by Crippen LogP contribution is -2.01. The van der Waals surface area contributed by atoms with Crippen molar-refractivity contribution >= 4 is 57.6 Å². The van der Waals surface area contributed by atoms with Gasteiger partial charge < -0.3 is 14.2 Å². The van der Waals surface area contributed by atoms with E-state index in [1.54, 1.807) is 12.3 Å². The van der Waals surface area contributed by atoms with Crippen LogP contribution in [0.2, 0.25) is 10.0 Å². The number of thioether (sulfide) groups is 1. The fourth-order valence-corrected chi connectivity index (χ4v) is 4.56. The van der Waals surface area contributed by atoms with E-state index in [1.165, 1.54) is 33.1 Å². The number of benzene rings is 1. The summed E-state index contributed by atoms with van der Waals surface area (Å²) in [5.41, 5.74) is 3.11. The van der Waals surface area contributed by atoms with E-state index in [9.17, 15) is 4.79 Å². The van der Waals surface area contributed by atoms with Gasteiger partial charge in [0.2, 0.25) is 0 Å². The van der Waals surface area contributed by atoms with Crippen molar-refractivity contribution in [2.75, 3.05) is 27.6 Å². The number of imidazole rings is 1. The lowest BCUT2D eigenvalue weighted by molar-refractivity contribution is -0.140. The van der Waals surface area contributed by atoms with E-state index >= 15 is 0 Å². The van der Waals surface area contributed by atoms with E-state index in [0.29, 0.717) is 61.2 Å². The first-order valence-electron chi connectivity index (χ1n) is 9.80. The number of methoxy groups -OCH3 is 3. The molecule has 0 fully saturated rings. The van der Waals surface area contributed by atoms with Crippen LogP contribution >= 0.6 is 35.0 Å². The Morgan fingerprint density at radius 1 is 1.06 bits per heavy atom. The molecular formula is C22H20Cl2N4O4S. The molecule has 0 radical (unpaired) electrons. The van der Waals surface area contributed by atoms with Crippen molar-refractivity contribution in [2.24, 2.45) is 0 Å². The maximum atomic E-state index is 11.7. The highest BCUT2D eigenvalue weighted by atomic mass is 35.5. The number of carbonyl (C=O) groups is 1. The Morgan fingerprint density at radius 2 is 1.76 bits per heavy atom. The maximum absolute atomic E-state index is 11.7. The van der Waals surface area contributed by atoms with Crippen LogP contribution in [0.3, 0.4) is 0 Å². The number of aryl methyl sites for hydroxylation is 1. The van der Waals surface area contributed by atoms with Gasteiger partial charge in [-0.1, -0.05) is 35.0 Å². The Hall–Kier alpha value is -2.75. The summed E-state index contributed by atoms with van der Waals surface area (Å²) in [5, 5.41) is 2.04. The largest absolute Gasteiger partial charge is 0.495 e. The van der Waals surface area contributed by atoms with Gasteiger partial charge in [0.1, 0.15) is 22.8 Å². The zero-order valence-electron chi connectivity index (χ0n) is 18.3. The summed E-state index contributed by atoms with van der Waals surface area (Å²) in [5.74, 6) is 0.517.